The van der Waals surface area contributed by atoms with Crippen molar-refractivity contribution in [1.82, 2.24) is 10.6 Å². The zero-order valence-electron chi connectivity index (χ0n) is 12.0. The molecule has 0 unspecified atom stereocenters. The van der Waals surface area contributed by atoms with Gasteiger partial charge in [0.25, 0.3) is 0 Å². The molecule has 0 heterocycles. The van der Waals surface area contributed by atoms with E-state index < -0.39 is 29.0 Å². The molecule has 0 bridgehead atoms. The molecular formula is C15H18F2N2O3. The zero-order chi connectivity index (χ0) is 16.2. The van der Waals surface area contributed by atoms with Crippen molar-refractivity contribution in [2.45, 2.75) is 31.1 Å². The van der Waals surface area contributed by atoms with Crippen molar-refractivity contribution >= 4 is 12.0 Å². The Balaban J connectivity index is 1.81. The van der Waals surface area contributed by atoms with Crippen molar-refractivity contribution in [2.24, 2.45) is 0 Å². The van der Waals surface area contributed by atoms with Gasteiger partial charge in [0.15, 0.2) is 0 Å². The van der Waals surface area contributed by atoms with Gasteiger partial charge in [0.05, 0.1) is 0 Å². The molecule has 0 saturated heterocycles. The number of rotatable bonds is 7. The molecule has 1 aromatic carbocycles. The van der Waals surface area contributed by atoms with Gasteiger partial charge in [0.1, 0.15) is 11.6 Å². The Morgan fingerprint density at radius 2 is 1.95 bits per heavy atom. The summed E-state index contributed by atoms with van der Waals surface area (Å²) < 4.78 is 26.7. The van der Waals surface area contributed by atoms with Crippen molar-refractivity contribution in [1.29, 1.82) is 0 Å². The third kappa shape index (κ3) is 4.16. The standard InChI is InChI=1S/C15H18F2N2O3/c16-10-3-4-11(12(17)8-10)15(5-6-15)9-19-14(22)18-7-1-2-13(20)21/h3-4,8H,1-2,5-7,9H2,(H,20,21)(H2,18,19,22). The van der Waals surface area contributed by atoms with Crippen molar-refractivity contribution in [3.8, 4) is 0 Å². The van der Waals surface area contributed by atoms with Crippen molar-refractivity contribution < 1.29 is 23.5 Å². The van der Waals surface area contributed by atoms with Crippen molar-refractivity contribution in [3.05, 3.63) is 35.4 Å². The summed E-state index contributed by atoms with van der Waals surface area (Å²) in [7, 11) is 0. The van der Waals surface area contributed by atoms with E-state index in [1.165, 1.54) is 12.1 Å². The molecule has 1 aliphatic rings. The fourth-order valence-electron chi connectivity index (χ4n) is 2.37. The van der Waals surface area contributed by atoms with Gasteiger partial charge in [0, 0.05) is 31.0 Å². The summed E-state index contributed by atoms with van der Waals surface area (Å²) in [6.45, 7) is 0.524. The Hall–Kier alpha value is -2.18. The molecular weight excluding hydrogens is 294 g/mol. The average Bonchev–Trinajstić information content (AvgIpc) is 3.22. The molecule has 1 aromatic rings. The van der Waals surface area contributed by atoms with Gasteiger partial charge < -0.3 is 15.7 Å². The first-order valence-corrected chi connectivity index (χ1v) is 7.12. The number of amides is 2. The Morgan fingerprint density at radius 3 is 2.55 bits per heavy atom. The molecule has 1 fully saturated rings. The number of halogens is 2. The lowest BCUT2D eigenvalue weighted by Crippen LogP contribution is -2.40. The molecule has 0 spiro atoms. The molecule has 120 valence electrons. The molecule has 2 rings (SSSR count). The lowest BCUT2D eigenvalue weighted by Gasteiger charge is -2.17. The van der Waals surface area contributed by atoms with Crippen LogP contribution in [0, 0.1) is 11.6 Å². The van der Waals surface area contributed by atoms with Gasteiger partial charge in [-0.25, -0.2) is 13.6 Å². The SMILES string of the molecule is O=C(O)CCCNC(=O)NCC1(c2ccc(F)cc2F)CC1. The summed E-state index contributed by atoms with van der Waals surface area (Å²) in [6, 6.07) is 3.06. The van der Waals surface area contributed by atoms with E-state index in [-0.39, 0.29) is 19.5 Å². The number of benzene rings is 1. The number of carboxylic acids is 1. The highest BCUT2D eigenvalue weighted by Crippen LogP contribution is 2.48. The van der Waals surface area contributed by atoms with Crippen LogP contribution in [0.1, 0.15) is 31.2 Å². The fourth-order valence-corrected chi connectivity index (χ4v) is 2.37. The quantitative estimate of drug-likeness (QED) is 0.675. The summed E-state index contributed by atoms with van der Waals surface area (Å²) in [5.41, 5.74) is -0.0454. The number of hydrogen-bond donors (Lipinski definition) is 3. The number of urea groups is 1. The minimum atomic E-state index is -0.911. The van der Waals surface area contributed by atoms with Crippen LogP contribution in [0.25, 0.3) is 0 Å². The number of carbonyl (C=O) groups excluding carboxylic acids is 1. The third-order valence-electron chi connectivity index (χ3n) is 3.80. The first-order chi connectivity index (χ1) is 10.4. The molecule has 0 radical (unpaired) electrons. The van der Waals surface area contributed by atoms with E-state index >= 15 is 0 Å². The van der Waals surface area contributed by atoms with E-state index in [4.69, 9.17) is 5.11 Å². The van der Waals surface area contributed by atoms with Crippen LogP contribution >= 0.6 is 0 Å². The average molecular weight is 312 g/mol. The van der Waals surface area contributed by atoms with Crippen LogP contribution in [0.4, 0.5) is 13.6 Å². The minimum absolute atomic E-state index is 0.00892. The van der Waals surface area contributed by atoms with Crippen LogP contribution in [0.5, 0.6) is 0 Å². The number of hydrogen-bond acceptors (Lipinski definition) is 2. The maximum Gasteiger partial charge on any atom is 0.314 e. The van der Waals surface area contributed by atoms with Crippen molar-refractivity contribution in [2.75, 3.05) is 13.1 Å². The van der Waals surface area contributed by atoms with Crippen LogP contribution in [0.2, 0.25) is 0 Å². The summed E-state index contributed by atoms with van der Waals surface area (Å²) in [4.78, 5) is 21.9. The maximum atomic E-state index is 13.8. The Bertz CT molecular complexity index is 574. The molecule has 5 nitrogen and oxygen atoms in total. The normalized spacial score (nSPS) is 15.2. The zero-order valence-corrected chi connectivity index (χ0v) is 12.0. The molecule has 0 aliphatic heterocycles. The highest BCUT2D eigenvalue weighted by atomic mass is 19.1. The molecule has 2 amide bonds. The first kappa shape index (κ1) is 16.2. The summed E-state index contributed by atoms with van der Waals surface area (Å²) >= 11 is 0. The van der Waals surface area contributed by atoms with E-state index in [1.54, 1.807) is 0 Å². The van der Waals surface area contributed by atoms with Gasteiger partial charge in [-0.1, -0.05) is 6.07 Å². The molecule has 22 heavy (non-hydrogen) atoms. The molecule has 1 aliphatic carbocycles. The van der Waals surface area contributed by atoms with Gasteiger partial charge in [-0.3, -0.25) is 4.79 Å². The summed E-state index contributed by atoms with van der Waals surface area (Å²) in [5.74, 6) is -2.13. The second kappa shape index (κ2) is 6.72. The number of carbonyl (C=O) groups is 2. The molecule has 7 heteroatoms. The van der Waals surface area contributed by atoms with Crippen LogP contribution in [0.15, 0.2) is 18.2 Å². The number of carboxylic acid groups (broad SMARTS) is 1. The predicted molar refractivity (Wildman–Crippen MR) is 75.5 cm³/mol. The Labute approximate surface area is 126 Å². The monoisotopic (exact) mass is 312 g/mol. The molecule has 0 atom stereocenters. The fraction of sp³-hybridized carbons (Fsp3) is 0.467. The van der Waals surface area contributed by atoms with E-state index in [1.807, 2.05) is 0 Å². The maximum absolute atomic E-state index is 13.8. The molecule has 0 aromatic heterocycles. The van der Waals surface area contributed by atoms with Gasteiger partial charge >= 0.3 is 12.0 Å². The van der Waals surface area contributed by atoms with Gasteiger partial charge in [-0.05, 0) is 30.9 Å². The highest BCUT2D eigenvalue weighted by molar-refractivity contribution is 5.74. The van der Waals surface area contributed by atoms with Gasteiger partial charge in [-0.15, -0.1) is 0 Å². The minimum Gasteiger partial charge on any atom is -0.481 e. The second-order valence-corrected chi connectivity index (χ2v) is 5.51. The van der Waals surface area contributed by atoms with Crippen LogP contribution in [-0.4, -0.2) is 30.2 Å². The van der Waals surface area contributed by atoms with Crippen LogP contribution in [-0.2, 0) is 10.2 Å². The Kier molecular flexibility index (Phi) is 4.95. The Morgan fingerprint density at radius 1 is 1.23 bits per heavy atom. The van der Waals surface area contributed by atoms with E-state index in [0.29, 0.717) is 12.0 Å². The van der Waals surface area contributed by atoms with Crippen LogP contribution in [0.3, 0.4) is 0 Å². The lowest BCUT2D eigenvalue weighted by atomic mass is 9.95. The smallest absolute Gasteiger partial charge is 0.314 e. The molecule has 3 N–H and O–H groups in total. The van der Waals surface area contributed by atoms with Crippen molar-refractivity contribution in [3.63, 3.8) is 0 Å². The molecule has 1 saturated carbocycles. The number of nitrogens with one attached hydrogen (secondary N) is 2. The summed E-state index contributed by atoms with van der Waals surface area (Å²) in [6.07, 6.45) is 1.80. The van der Waals surface area contributed by atoms with E-state index in [9.17, 15) is 18.4 Å². The van der Waals surface area contributed by atoms with Crippen LogP contribution < -0.4 is 10.6 Å². The van der Waals surface area contributed by atoms with Gasteiger partial charge in [-0.2, -0.15) is 0 Å². The summed E-state index contributed by atoms with van der Waals surface area (Å²) in [5, 5.41) is 13.7. The van der Waals surface area contributed by atoms with E-state index in [2.05, 4.69) is 10.6 Å². The first-order valence-electron chi connectivity index (χ1n) is 7.12. The van der Waals surface area contributed by atoms with E-state index in [0.717, 1.165) is 18.9 Å². The number of aliphatic carboxylic acids is 1. The highest BCUT2D eigenvalue weighted by Gasteiger charge is 2.46. The third-order valence-corrected chi connectivity index (χ3v) is 3.80. The largest absolute Gasteiger partial charge is 0.481 e. The van der Waals surface area contributed by atoms with Gasteiger partial charge in [0.2, 0.25) is 0 Å². The topological polar surface area (TPSA) is 78.4 Å². The lowest BCUT2D eigenvalue weighted by molar-refractivity contribution is -0.137. The predicted octanol–water partition coefficient (Wildman–Crippen LogP) is 2.16. The second-order valence-electron chi connectivity index (χ2n) is 5.51.